The van der Waals surface area contributed by atoms with Crippen molar-refractivity contribution in [3.05, 3.63) is 81.8 Å². The van der Waals surface area contributed by atoms with Gasteiger partial charge >= 0.3 is 0 Å². The molecule has 8 heteroatoms. The highest BCUT2D eigenvalue weighted by Crippen LogP contribution is 2.34. The summed E-state index contributed by atoms with van der Waals surface area (Å²) in [6.07, 6.45) is 0.792. The monoisotopic (exact) mass is 528 g/mol. The van der Waals surface area contributed by atoms with Gasteiger partial charge < -0.3 is 9.64 Å². The third-order valence-electron chi connectivity index (χ3n) is 5.66. The van der Waals surface area contributed by atoms with Crippen molar-refractivity contribution >= 4 is 43.2 Å². The van der Waals surface area contributed by atoms with Crippen molar-refractivity contribution in [2.45, 2.75) is 38.1 Å². The molecule has 1 atom stereocenters. The largest absolute Gasteiger partial charge is 0.484 e. The SMILES string of the molecule is Cc1ccc(C)c(NS(=O)(=O)c2ccc(OCC(=O)N3c4ccc(Br)cc4C[C@H]3C)cc2)c1. The summed E-state index contributed by atoms with van der Waals surface area (Å²) in [5, 5.41) is 0. The first-order valence-corrected chi connectivity index (χ1v) is 12.8. The van der Waals surface area contributed by atoms with Crippen molar-refractivity contribution in [2.24, 2.45) is 0 Å². The minimum atomic E-state index is -3.74. The van der Waals surface area contributed by atoms with Crippen LogP contribution in [0.3, 0.4) is 0 Å². The Morgan fingerprint density at radius 1 is 1.09 bits per heavy atom. The number of fused-ring (bicyclic) bond motifs is 1. The fraction of sp³-hybridized carbons (Fsp3) is 0.240. The number of aryl methyl sites for hydroxylation is 2. The Morgan fingerprint density at radius 3 is 2.55 bits per heavy atom. The first-order valence-electron chi connectivity index (χ1n) is 10.6. The van der Waals surface area contributed by atoms with Crippen molar-refractivity contribution < 1.29 is 17.9 Å². The lowest BCUT2D eigenvalue weighted by molar-refractivity contribution is -0.120. The van der Waals surface area contributed by atoms with E-state index in [0.29, 0.717) is 11.4 Å². The van der Waals surface area contributed by atoms with Crippen molar-refractivity contribution in [1.29, 1.82) is 0 Å². The lowest BCUT2D eigenvalue weighted by Gasteiger charge is -2.22. The molecule has 0 fully saturated rings. The van der Waals surface area contributed by atoms with Gasteiger partial charge in [0.1, 0.15) is 5.75 Å². The molecule has 0 radical (unpaired) electrons. The molecule has 33 heavy (non-hydrogen) atoms. The lowest BCUT2D eigenvalue weighted by Crippen LogP contribution is -2.39. The van der Waals surface area contributed by atoms with Crippen LogP contribution in [0.25, 0.3) is 0 Å². The number of halogens is 1. The van der Waals surface area contributed by atoms with E-state index in [4.69, 9.17) is 4.74 Å². The minimum Gasteiger partial charge on any atom is -0.484 e. The van der Waals surface area contributed by atoms with E-state index in [1.807, 2.05) is 51.1 Å². The highest BCUT2D eigenvalue weighted by molar-refractivity contribution is 9.10. The van der Waals surface area contributed by atoms with Crippen molar-refractivity contribution in [3.8, 4) is 5.75 Å². The standard InChI is InChI=1S/C25H25BrN2O4S/c1-16-4-5-17(2)23(12-16)27-33(30,31)22-9-7-21(8-10-22)32-15-25(29)28-18(3)13-19-14-20(26)6-11-24(19)28/h4-12,14,18,27H,13,15H2,1-3H3/t18-/m1/s1. The minimum absolute atomic E-state index is 0.0501. The summed E-state index contributed by atoms with van der Waals surface area (Å²) in [6, 6.07) is 17.6. The number of carbonyl (C=O) groups excluding carboxylic acids is 1. The van der Waals surface area contributed by atoms with Gasteiger partial charge in [-0.05, 0) is 92.4 Å². The number of nitrogens with zero attached hydrogens (tertiary/aromatic N) is 1. The number of sulfonamides is 1. The number of hydrogen-bond donors (Lipinski definition) is 1. The molecule has 0 spiro atoms. The highest BCUT2D eigenvalue weighted by atomic mass is 79.9. The molecule has 1 heterocycles. The molecule has 0 aromatic heterocycles. The predicted molar refractivity (Wildman–Crippen MR) is 133 cm³/mol. The lowest BCUT2D eigenvalue weighted by atomic mass is 10.1. The number of anilines is 2. The Morgan fingerprint density at radius 2 is 1.82 bits per heavy atom. The van der Waals surface area contributed by atoms with Crippen molar-refractivity contribution in [1.82, 2.24) is 0 Å². The number of benzene rings is 3. The molecule has 4 rings (SSSR count). The smallest absolute Gasteiger partial charge is 0.265 e. The fourth-order valence-corrected chi connectivity index (χ4v) is 5.49. The maximum atomic E-state index is 12.8. The van der Waals surface area contributed by atoms with Crippen LogP contribution < -0.4 is 14.4 Å². The molecule has 1 N–H and O–H groups in total. The quantitative estimate of drug-likeness (QED) is 0.475. The Kier molecular flexibility index (Phi) is 6.50. The maximum absolute atomic E-state index is 12.8. The van der Waals surface area contributed by atoms with E-state index in [0.717, 1.165) is 33.3 Å². The number of amides is 1. The Labute approximate surface area is 202 Å². The third kappa shape index (κ3) is 5.07. The molecule has 3 aromatic rings. The van der Waals surface area contributed by atoms with Crippen molar-refractivity contribution in [2.75, 3.05) is 16.2 Å². The molecule has 3 aromatic carbocycles. The first kappa shape index (κ1) is 23.3. The number of hydrogen-bond acceptors (Lipinski definition) is 4. The Balaban J connectivity index is 1.42. The van der Waals surface area contributed by atoms with E-state index in [-0.39, 0.29) is 23.5 Å². The normalized spacial score (nSPS) is 15.3. The summed E-state index contributed by atoms with van der Waals surface area (Å²) in [4.78, 5) is 14.7. The summed E-state index contributed by atoms with van der Waals surface area (Å²) in [7, 11) is -3.74. The highest BCUT2D eigenvalue weighted by Gasteiger charge is 2.31. The average Bonchev–Trinajstić information content (AvgIpc) is 3.09. The van der Waals surface area contributed by atoms with Gasteiger partial charge in [0.15, 0.2) is 6.61 Å². The van der Waals surface area contributed by atoms with Crippen LogP contribution in [0.4, 0.5) is 11.4 Å². The Bertz CT molecular complexity index is 1310. The number of nitrogens with one attached hydrogen (secondary N) is 1. The topological polar surface area (TPSA) is 75.7 Å². The van der Waals surface area contributed by atoms with E-state index in [1.165, 1.54) is 12.1 Å². The van der Waals surface area contributed by atoms with Crippen molar-refractivity contribution in [3.63, 3.8) is 0 Å². The number of rotatable bonds is 6. The van der Waals surface area contributed by atoms with Gasteiger partial charge in [0, 0.05) is 16.2 Å². The molecular formula is C25H25BrN2O4S. The van der Waals surface area contributed by atoms with E-state index >= 15 is 0 Å². The zero-order valence-electron chi connectivity index (χ0n) is 18.6. The zero-order chi connectivity index (χ0) is 23.8. The first-order chi connectivity index (χ1) is 15.6. The summed E-state index contributed by atoms with van der Waals surface area (Å²) in [5.74, 6) is 0.286. The summed E-state index contributed by atoms with van der Waals surface area (Å²) >= 11 is 3.47. The van der Waals surface area contributed by atoms with E-state index in [1.54, 1.807) is 23.1 Å². The molecule has 1 amide bonds. The molecule has 172 valence electrons. The number of carbonyl (C=O) groups is 1. The van der Waals surface area contributed by atoms with Crippen LogP contribution >= 0.6 is 15.9 Å². The molecular weight excluding hydrogens is 504 g/mol. The van der Waals surface area contributed by atoms with Gasteiger partial charge in [0.05, 0.1) is 10.6 Å². The third-order valence-corrected chi connectivity index (χ3v) is 7.53. The fourth-order valence-electron chi connectivity index (χ4n) is 3.96. The van der Waals surface area contributed by atoms with Gasteiger partial charge in [-0.3, -0.25) is 9.52 Å². The van der Waals surface area contributed by atoms with Gasteiger partial charge in [-0.1, -0.05) is 28.1 Å². The van der Waals surface area contributed by atoms with E-state index in [2.05, 4.69) is 20.7 Å². The second-order valence-electron chi connectivity index (χ2n) is 8.27. The zero-order valence-corrected chi connectivity index (χ0v) is 21.0. The van der Waals surface area contributed by atoms with Gasteiger partial charge in [-0.2, -0.15) is 0 Å². The molecule has 0 bridgehead atoms. The molecule has 0 saturated carbocycles. The molecule has 0 aliphatic carbocycles. The van der Waals surface area contributed by atoms with Crippen LogP contribution in [0.2, 0.25) is 0 Å². The van der Waals surface area contributed by atoms with Crippen LogP contribution in [-0.4, -0.2) is 27.0 Å². The molecule has 1 aliphatic rings. The summed E-state index contributed by atoms with van der Waals surface area (Å²) in [5.41, 5.74) is 4.38. The van der Waals surface area contributed by atoms with Crippen LogP contribution in [0.15, 0.2) is 70.0 Å². The van der Waals surface area contributed by atoms with E-state index in [9.17, 15) is 13.2 Å². The van der Waals surface area contributed by atoms with Crippen LogP contribution in [0, 0.1) is 13.8 Å². The predicted octanol–water partition coefficient (Wildman–Crippen LogP) is 5.22. The second kappa shape index (κ2) is 9.19. The second-order valence-corrected chi connectivity index (χ2v) is 10.9. The van der Waals surface area contributed by atoms with Gasteiger partial charge in [-0.25, -0.2) is 8.42 Å². The number of ether oxygens (including phenoxy) is 1. The van der Waals surface area contributed by atoms with Crippen LogP contribution in [0.5, 0.6) is 5.75 Å². The molecule has 1 aliphatic heterocycles. The average molecular weight is 529 g/mol. The van der Waals surface area contributed by atoms with Crippen LogP contribution in [-0.2, 0) is 21.2 Å². The summed E-state index contributed by atoms with van der Waals surface area (Å²) in [6.45, 7) is 5.63. The Hall–Kier alpha value is -2.84. The summed E-state index contributed by atoms with van der Waals surface area (Å²) < 4.78 is 34.9. The maximum Gasteiger partial charge on any atom is 0.265 e. The van der Waals surface area contributed by atoms with Crippen LogP contribution in [0.1, 0.15) is 23.6 Å². The molecule has 0 unspecified atom stereocenters. The van der Waals surface area contributed by atoms with Gasteiger partial charge in [0.25, 0.3) is 15.9 Å². The van der Waals surface area contributed by atoms with Gasteiger partial charge in [-0.15, -0.1) is 0 Å². The van der Waals surface area contributed by atoms with E-state index < -0.39 is 10.0 Å². The molecule has 0 saturated heterocycles. The molecule has 6 nitrogen and oxygen atoms in total. The van der Waals surface area contributed by atoms with Gasteiger partial charge in [0.2, 0.25) is 0 Å².